The topological polar surface area (TPSA) is 42.2 Å². The Balaban J connectivity index is 2.20. The maximum Gasteiger partial charge on any atom is 0.161 e. The van der Waals surface area contributed by atoms with Crippen molar-refractivity contribution in [2.24, 2.45) is 0 Å². The van der Waals surface area contributed by atoms with Gasteiger partial charge in [-0.15, -0.1) is 0 Å². The highest BCUT2D eigenvalue weighted by molar-refractivity contribution is 5.44. The average Bonchev–Trinajstić information content (AvgIpc) is 2.52. The molecule has 2 aromatic rings. The first kappa shape index (κ1) is 14.9. The fraction of sp³-hybridized carbons (Fsp3) is 0.235. The Labute approximate surface area is 123 Å². The van der Waals surface area contributed by atoms with Crippen molar-refractivity contribution in [3.8, 4) is 17.6 Å². The minimum atomic E-state index is -0.388. The van der Waals surface area contributed by atoms with Gasteiger partial charge in [0.25, 0.3) is 0 Å². The van der Waals surface area contributed by atoms with Crippen LogP contribution < -0.4 is 9.47 Å². The number of methoxy groups -OCH3 is 1. The van der Waals surface area contributed by atoms with Gasteiger partial charge in [0.15, 0.2) is 11.5 Å². The Morgan fingerprint density at radius 2 is 1.95 bits per heavy atom. The van der Waals surface area contributed by atoms with E-state index in [4.69, 9.17) is 14.7 Å². The van der Waals surface area contributed by atoms with Crippen LogP contribution in [0.25, 0.3) is 0 Å². The molecule has 21 heavy (non-hydrogen) atoms. The van der Waals surface area contributed by atoms with Gasteiger partial charge in [-0.2, -0.15) is 5.26 Å². The molecule has 2 rings (SSSR count). The van der Waals surface area contributed by atoms with Crippen LogP contribution in [0.3, 0.4) is 0 Å². The SMILES string of the molecule is CCc1ccc(OCc2cc(F)ccc2C#N)c(OC)c1. The Morgan fingerprint density at radius 1 is 1.14 bits per heavy atom. The molecule has 0 aliphatic heterocycles. The van der Waals surface area contributed by atoms with Crippen LogP contribution in [0.15, 0.2) is 36.4 Å². The van der Waals surface area contributed by atoms with Gasteiger partial charge in [0.1, 0.15) is 12.4 Å². The van der Waals surface area contributed by atoms with Gasteiger partial charge in [-0.3, -0.25) is 0 Å². The van der Waals surface area contributed by atoms with Crippen molar-refractivity contribution in [3.63, 3.8) is 0 Å². The summed E-state index contributed by atoms with van der Waals surface area (Å²) < 4.78 is 24.2. The first-order chi connectivity index (χ1) is 10.2. The second-order valence-electron chi connectivity index (χ2n) is 4.54. The molecule has 0 unspecified atom stereocenters. The van der Waals surface area contributed by atoms with E-state index < -0.39 is 0 Å². The van der Waals surface area contributed by atoms with Crippen molar-refractivity contribution in [2.45, 2.75) is 20.0 Å². The third kappa shape index (κ3) is 3.51. The molecule has 0 saturated heterocycles. The highest BCUT2D eigenvalue weighted by atomic mass is 19.1. The van der Waals surface area contributed by atoms with E-state index in [1.807, 2.05) is 24.3 Å². The molecule has 0 atom stereocenters. The van der Waals surface area contributed by atoms with E-state index in [0.29, 0.717) is 22.6 Å². The number of nitrogens with zero attached hydrogens (tertiary/aromatic N) is 1. The zero-order valence-electron chi connectivity index (χ0n) is 12.0. The van der Waals surface area contributed by atoms with Gasteiger partial charge in [-0.1, -0.05) is 13.0 Å². The van der Waals surface area contributed by atoms with Crippen LogP contribution >= 0.6 is 0 Å². The summed E-state index contributed by atoms with van der Waals surface area (Å²) >= 11 is 0. The molecule has 0 aromatic heterocycles. The maximum atomic E-state index is 13.3. The number of hydrogen-bond donors (Lipinski definition) is 0. The quantitative estimate of drug-likeness (QED) is 0.838. The van der Waals surface area contributed by atoms with Gasteiger partial charge >= 0.3 is 0 Å². The van der Waals surface area contributed by atoms with Crippen LogP contribution in [-0.2, 0) is 13.0 Å². The molecule has 2 aromatic carbocycles. The highest BCUT2D eigenvalue weighted by Crippen LogP contribution is 2.29. The molecule has 0 saturated carbocycles. The van der Waals surface area contributed by atoms with Crippen molar-refractivity contribution < 1.29 is 13.9 Å². The van der Waals surface area contributed by atoms with E-state index in [-0.39, 0.29) is 12.4 Å². The molecular weight excluding hydrogens is 269 g/mol. The van der Waals surface area contributed by atoms with Gasteiger partial charge in [0, 0.05) is 5.56 Å². The maximum absolute atomic E-state index is 13.3. The predicted octanol–water partition coefficient (Wildman–Crippen LogP) is 3.85. The number of rotatable bonds is 5. The van der Waals surface area contributed by atoms with Gasteiger partial charge < -0.3 is 9.47 Å². The van der Waals surface area contributed by atoms with E-state index >= 15 is 0 Å². The fourth-order valence-electron chi connectivity index (χ4n) is 2.00. The summed E-state index contributed by atoms with van der Waals surface area (Å²) in [4.78, 5) is 0. The third-order valence-corrected chi connectivity index (χ3v) is 3.21. The molecule has 3 nitrogen and oxygen atoms in total. The molecule has 0 bridgehead atoms. The number of aryl methyl sites for hydroxylation is 1. The highest BCUT2D eigenvalue weighted by Gasteiger charge is 2.08. The van der Waals surface area contributed by atoms with Gasteiger partial charge in [0.05, 0.1) is 18.7 Å². The fourth-order valence-corrected chi connectivity index (χ4v) is 2.00. The van der Waals surface area contributed by atoms with E-state index in [9.17, 15) is 4.39 Å². The average molecular weight is 285 g/mol. The number of ether oxygens (including phenoxy) is 2. The molecule has 108 valence electrons. The summed E-state index contributed by atoms with van der Waals surface area (Å²) in [5, 5.41) is 9.02. The lowest BCUT2D eigenvalue weighted by Crippen LogP contribution is -2.01. The minimum Gasteiger partial charge on any atom is -0.493 e. The summed E-state index contributed by atoms with van der Waals surface area (Å²) in [6, 6.07) is 11.7. The lowest BCUT2D eigenvalue weighted by molar-refractivity contribution is 0.283. The monoisotopic (exact) mass is 285 g/mol. The van der Waals surface area contributed by atoms with Gasteiger partial charge in [0.2, 0.25) is 0 Å². The predicted molar refractivity (Wildman–Crippen MR) is 77.8 cm³/mol. The zero-order chi connectivity index (χ0) is 15.2. The largest absolute Gasteiger partial charge is 0.493 e. The van der Waals surface area contributed by atoms with E-state index in [2.05, 4.69) is 6.92 Å². The van der Waals surface area contributed by atoms with Gasteiger partial charge in [-0.05, 0) is 42.3 Å². The summed E-state index contributed by atoms with van der Waals surface area (Å²) in [6.45, 7) is 2.17. The molecule has 0 aliphatic carbocycles. The smallest absolute Gasteiger partial charge is 0.161 e. The zero-order valence-corrected chi connectivity index (χ0v) is 12.0. The Hall–Kier alpha value is -2.54. The van der Waals surface area contributed by atoms with Crippen molar-refractivity contribution in [1.82, 2.24) is 0 Å². The number of halogens is 1. The molecule has 0 radical (unpaired) electrons. The van der Waals surface area contributed by atoms with Crippen LogP contribution in [0.5, 0.6) is 11.5 Å². The summed E-state index contributed by atoms with van der Waals surface area (Å²) in [7, 11) is 1.57. The van der Waals surface area contributed by atoms with Crippen LogP contribution in [-0.4, -0.2) is 7.11 Å². The van der Waals surface area contributed by atoms with E-state index in [1.54, 1.807) is 7.11 Å². The van der Waals surface area contributed by atoms with Crippen LogP contribution in [0.4, 0.5) is 4.39 Å². The number of benzene rings is 2. The second-order valence-corrected chi connectivity index (χ2v) is 4.54. The summed E-state index contributed by atoms with van der Waals surface area (Å²) in [6.07, 6.45) is 0.902. The second kappa shape index (κ2) is 6.76. The molecule has 0 fully saturated rings. The van der Waals surface area contributed by atoms with Crippen molar-refractivity contribution in [2.75, 3.05) is 7.11 Å². The van der Waals surface area contributed by atoms with E-state index in [0.717, 1.165) is 12.0 Å². The molecule has 0 N–H and O–H groups in total. The standard InChI is InChI=1S/C17H16FNO2/c1-3-12-4-7-16(17(8-12)20-2)21-11-14-9-15(18)6-5-13(14)10-19/h4-9H,3,11H2,1-2H3. The first-order valence-electron chi connectivity index (χ1n) is 6.66. The van der Waals surface area contributed by atoms with Gasteiger partial charge in [-0.25, -0.2) is 4.39 Å². The van der Waals surface area contributed by atoms with Crippen LogP contribution in [0.2, 0.25) is 0 Å². The number of hydrogen-bond acceptors (Lipinski definition) is 3. The first-order valence-corrected chi connectivity index (χ1v) is 6.66. The Bertz CT molecular complexity index is 677. The lowest BCUT2D eigenvalue weighted by atomic mass is 10.1. The Morgan fingerprint density at radius 3 is 2.62 bits per heavy atom. The van der Waals surface area contributed by atoms with Crippen molar-refractivity contribution >= 4 is 0 Å². The minimum absolute atomic E-state index is 0.114. The van der Waals surface area contributed by atoms with E-state index in [1.165, 1.54) is 18.2 Å². The molecule has 0 spiro atoms. The molecular formula is C17H16FNO2. The molecule has 0 aliphatic rings. The molecule has 4 heteroatoms. The van der Waals surface area contributed by atoms with Crippen LogP contribution in [0, 0.1) is 17.1 Å². The molecule has 0 heterocycles. The summed E-state index contributed by atoms with van der Waals surface area (Å²) in [5.41, 5.74) is 2.06. The van der Waals surface area contributed by atoms with Crippen molar-refractivity contribution in [3.05, 3.63) is 58.9 Å². The number of nitriles is 1. The Kier molecular flexibility index (Phi) is 4.78. The molecule has 0 amide bonds. The van der Waals surface area contributed by atoms with Crippen LogP contribution in [0.1, 0.15) is 23.6 Å². The normalized spacial score (nSPS) is 10.0. The summed E-state index contributed by atoms with van der Waals surface area (Å²) in [5.74, 6) is 0.813. The lowest BCUT2D eigenvalue weighted by Gasteiger charge is -2.12. The van der Waals surface area contributed by atoms with Crippen molar-refractivity contribution in [1.29, 1.82) is 5.26 Å². The third-order valence-electron chi connectivity index (χ3n) is 3.21.